The SMILES string of the molecule is CC(c1ccccc1)C(CC(=O)O)N1CCCC1. The monoisotopic (exact) mass is 247 g/mol. The maximum atomic E-state index is 11.1. The lowest BCUT2D eigenvalue weighted by Gasteiger charge is -2.31. The fourth-order valence-electron chi connectivity index (χ4n) is 2.85. The number of carboxylic acids is 1. The largest absolute Gasteiger partial charge is 0.481 e. The molecule has 2 atom stereocenters. The number of nitrogens with zero attached hydrogens (tertiary/aromatic N) is 1. The number of benzene rings is 1. The zero-order valence-electron chi connectivity index (χ0n) is 10.9. The second-order valence-electron chi connectivity index (χ2n) is 5.11. The molecule has 1 fully saturated rings. The summed E-state index contributed by atoms with van der Waals surface area (Å²) in [5.41, 5.74) is 1.23. The minimum Gasteiger partial charge on any atom is -0.481 e. The van der Waals surface area contributed by atoms with Gasteiger partial charge in [-0.2, -0.15) is 0 Å². The van der Waals surface area contributed by atoms with E-state index in [0.717, 1.165) is 13.1 Å². The number of hydrogen-bond donors (Lipinski definition) is 1. The van der Waals surface area contributed by atoms with Gasteiger partial charge in [0.15, 0.2) is 0 Å². The second kappa shape index (κ2) is 6.01. The van der Waals surface area contributed by atoms with Gasteiger partial charge in [0.1, 0.15) is 0 Å². The first kappa shape index (κ1) is 13.1. The smallest absolute Gasteiger partial charge is 0.304 e. The molecule has 1 aromatic rings. The third-order valence-corrected chi connectivity index (χ3v) is 3.90. The molecule has 0 amide bonds. The lowest BCUT2D eigenvalue weighted by molar-refractivity contribution is -0.138. The molecule has 0 bridgehead atoms. The molecule has 0 aromatic heterocycles. The van der Waals surface area contributed by atoms with Gasteiger partial charge < -0.3 is 5.11 Å². The van der Waals surface area contributed by atoms with Crippen LogP contribution in [0, 0.1) is 0 Å². The molecular weight excluding hydrogens is 226 g/mol. The minimum atomic E-state index is -0.699. The predicted octanol–water partition coefficient (Wildman–Crippen LogP) is 2.73. The van der Waals surface area contributed by atoms with Crippen LogP contribution < -0.4 is 0 Å². The quantitative estimate of drug-likeness (QED) is 0.869. The molecule has 1 aromatic carbocycles. The van der Waals surface area contributed by atoms with E-state index in [0.29, 0.717) is 0 Å². The molecule has 1 aliphatic heterocycles. The Morgan fingerprint density at radius 2 is 1.89 bits per heavy atom. The van der Waals surface area contributed by atoms with Crippen LogP contribution in [0.15, 0.2) is 30.3 Å². The van der Waals surface area contributed by atoms with E-state index in [4.69, 9.17) is 5.11 Å². The molecule has 0 aliphatic carbocycles. The predicted molar refractivity (Wildman–Crippen MR) is 71.7 cm³/mol. The number of aliphatic carboxylic acids is 1. The van der Waals surface area contributed by atoms with Gasteiger partial charge in [0.05, 0.1) is 6.42 Å². The van der Waals surface area contributed by atoms with Gasteiger partial charge in [-0.15, -0.1) is 0 Å². The zero-order valence-corrected chi connectivity index (χ0v) is 10.9. The normalized spacial score (nSPS) is 19.6. The van der Waals surface area contributed by atoms with Gasteiger partial charge in [0, 0.05) is 6.04 Å². The molecule has 1 saturated heterocycles. The van der Waals surface area contributed by atoms with Gasteiger partial charge in [0.25, 0.3) is 0 Å². The molecule has 0 spiro atoms. The van der Waals surface area contributed by atoms with E-state index < -0.39 is 5.97 Å². The summed E-state index contributed by atoms with van der Waals surface area (Å²) >= 11 is 0. The van der Waals surface area contributed by atoms with Gasteiger partial charge in [-0.1, -0.05) is 37.3 Å². The number of likely N-dealkylation sites (tertiary alicyclic amines) is 1. The Morgan fingerprint density at radius 3 is 2.44 bits per heavy atom. The second-order valence-corrected chi connectivity index (χ2v) is 5.11. The first-order chi connectivity index (χ1) is 8.68. The van der Waals surface area contributed by atoms with Crippen LogP contribution in [0.2, 0.25) is 0 Å². The average molecular weight is 247 g/mol. The molecule has 2 unspecified atom stereocenters. The molecule has 2 rings (SSSR count). The Morgan fingerprint density at radius 1 is 1.28 bits per heavy atom. The maximum Gasteiger partial charge on any atom is 0.304 e. The summed E-state index contributed by atoms with van der Waals surface area (Å²) in [4.78, 5) is 13.4. The fourth-order valence-corrected chi connectivity index (χ4v) is 2.85. The first-order valence-electron chi connectivity index (χ1n) is 6.69. The average Bonchev–Trinajstić information content (AvgIpc) is 2.89. The molecule has 1 N–H and O–H groups in total. The number of carbonyl (C=O) groups is 1. The first-order valence-corrected chi connectivity index (χ1v) is 6.69. The van der Waals surface area contributed by atoms with E-state index in [2.05, 4.69) is 24.0 Å². The van der Waals surface area contributed by atoms with E-state index in [9.17, 15) is 4.79 Å². The molecule has 1 heterocycles. The van der Waals surface area contributed by atoms with Crippen LogP contribution in [0.25, 0.3) is 0 Å². The Kier molecular flexibility index (Phi) is 4.37. The molecule has 1 aliphatic rings. The lowest BCUT2D eigenvalue weighted by atomic mass is 9.90. The van der Waals surface area contributed by atoms with Crippen molar-refractivity contribution in [2.24, 2.45) is 0 Å². The van der Waals surface area contributed by atoms with Gasteiger partial charge in [-0.05, 0) is 37.4 Å². The Balaban J connectivity index is 2.14. The minimum absolute atomic E-state index is 0.118. The highest BCUT2D eigenvalue weighted by Crippen LogP contribution is 2.28. The summed E-state index contributed by atoms with van der Waals surface area (Å²) in [6.45, 7) is 4.21. The number of carboxylic acid groups (broad SMARTS) is 1. The molecule has 3 nitrogen and oxygen atoms in total. The summed E-state index contributed by atoms with van der Waals surface area (Å²) in [6, 6.07) is 10.3. The summed E-state index contributed by atoms with van der Waals surface area (Å²) in [5, 5.41) is 9.11. The highest BCUT2D eigenvalue weighted by atomic mass is 16.4. The van der Waals surface area contributed by atoms with Gasteiger partial charge in [-0.3, -0.25) is 9.69 Å². The van der Waals surface area contributed by atoms with Crippen LogP contribution in [0.3, 0.4) is 0 Å². The van der Waals surface area contributed by atoms with Crippen molar-refractivity contribution in [3.63, 3.8) is 0 Å². The fraction of sp³-hybridized carbons (Fsp3) is 0.533. The highest BCUT2D eigenvalue weighted by molar-refractivity contribution is 5.67. The van der Waals surface area contributed by atoms with Gasteiger partial charge >= 0.3 is 5.97 Å². The van der Waals surface area contributed by atoms with Crippen molar-refractivity contribution < 1.29 is 9.90 Å². The van der Waals surface area contributed by atoms with Crippen LogP contribution in [0.5, 0.6) is 0 Å². The third-order valence-electron chi connectivity index (χ3n) is 3.90. The van der Waals surface area contributed by atoms with E-state index in [1.165, 1.54) is 18.4 Å². The third kappa shape index (κ3) is 3.10. The Labute approximate surface area is 108 Å². The van der Waals surface area contributed by atoms with Crippen molar-refractivity contribution in [3.05, 3.63) is 35.9 Å². The molecule has 98 valence electrons. The van der Waals surface area contributed by atoms with E-state index in [-0.39, 0.29) is 18.4 Å². The van der Waals surface area contributed by atoms with Crippen molar-refractivity contribution >= 4 is 5.97 Å². The van der Waals surface area contributed by atoms with Gasteiger partial charge in [-0.25, -0.2) is 0 Å². The van der Waals surface area contributed by atoms with Crippen molar-refractivity contribution in [2.45, 2.75) is 38.1 Å². The summed E-state index contributed by atoms with van der Waals surface area (Å²) < 4.78 is 0. The van der Waals surface area contributed by atoms with Crippen molar-refractivity contribution in [2.75, 3.05) is 13.1 Å². The Hall–Kier alpha value is -1.35. The zero-order chi connectivity index (χ0) is 13.0. The highest BCUT2D eigenvalue weighted by Gasteiger charge is 2.29. The topological polar surface area (TPSA) is 40.5 Å². The van der Waals surface area contributed by atoms with Crippen LogP contribution in [0.1, 0.15) is 37.7 Å². The molecule has 0 radical (unpaired) electrons. The summed E-state index contributed by atoms with van der Waals surface area (Å²) in [6.07, 6.45) is 2.62. The van der Waals surface area contributed by atoms with Crippen LogP contribution in [-0.4, -0.2) is 35.1 Å². The van der Waals surface area contributed by atoms with Crippen LogP contribution >= 0.6 is 0 Å². The molecule has 18 heavy (non-hydrogen) atoms. The van der Waals surface area contributed by atoms with Crippen LogP contribution in [-0.2, 0) is 4.79 Å². The van der Waals surface area contributed by atoms with Crippen molar-refractivity contribution in [1.29, 1.82) is 0 Å². The molecular formula is C15H21NO2. The Bertz CT molecular complexity index is 385. The molecule has 3 heteroatoms. The number of rotatable bonds is 5. The summed E-state index contributed by atoms with van der Waals surface area (Å²) in [5.74, 6) is -0.435. The standard InChI is InChI=1S/C15H21NO2/c1-12(13-7-3-2-4-8-13)14(11-15(17)18)16-9-5-6-10-16/h2-4,7-8,12,14H,5-6,9-11H2,1H3,(H,17,18). The van der Waals surface area contributed by atoms with E-state index >= 15 is 0 Å². The van der Waals surface area contributed by atoms with E-state index in [1.807, 2.05) is 18.2 Å². The van der Waals surface area contributed by atoms with Crippen molar-refractivity contribution in [1.82, 2.24) is 4.90 Å². The van der Waals surface area contributed by atoms with E-state index in [1.54, 1.807) is 0 Å². The van der Waals surface area contributed by atoms with Gasteiger partial charge in [0.2, 0.25) is 0 Å². The van der Waals surface area contributed by atoms with Crippen molar-refractivity contribution in [3.8, 4) is 0 Å². The lowest BCUT2D eigenvalue weighted by Crippen LogP contribution is -2.38. The molecule has 0 saturated carbocycles. The summed E-state index contributed by atoms with van der Waals surface area (Å²) in [7, 11) is 0. The van der Waals surface area contributed by atoms with Crippen LogP contribution in [0.4, 0.5) is 0 Å². The maximum absolute atomic E-state index is 11.1. The number of hydrogen-bond acceptors (Lipinski definition) is 2.